The maximum atomic E-state index is 4.90. The van der Waals surface area contributed by atoms with Crippen molar-refractivity contribution in [2.45, 2.75) is 59.0 Å². The highest BCUT2D eigenvalue weighted by Gasteiger charge is 2.26. The average Bonchev–Trinajstić information content (AvgIpc) is 3.32. The van der Waals surface area contributed by atoms with Gasteiger partial charge in [-0.15, -0.1) is 5.10 Å². The number of benzene rings is 2. The molecule has 0 bridgehead atoms. The summed E-state index contributed by atoms with van der Waals surface area (Å²) in [6.45, 7) is 13.3. The number of rotatable bonds is 6. The van der Waals surface area contributed by atoms with Gasteiger partial charge in [0.25, 0.3) is 0 Å². The molecule has 0 saturated heterocycles. The summed E-state index contributed by atoms with van der Waals surface area (Å²) in [5, 5.41) is 11.8. The third-order valence-corrected chi connectivity index (χ3v) is 7.14. The Balaban J connectivity index is 1.30. The van der Waals surface area contributed by atoms with Gasteiger partial charge in [0, 0.05) is 52.9 Å². The van der Waals surface area contributed by atoms with Crippen molar-refractivity contribution in [1.29, 1.82) is 0 Å². The molecule has 2 N–H and O–H groups in total. The van der Waals surface area contributed by atoms with E-state index in [1.807, 2.05) is 11.0 Å². The van der Waals surface area contributed by atoms with Crippen molar-refractivity contribution in [1.82, 2.24) is 29.6 Å². The molecule has 2 aromatic heterocycles. The lowest BCUT2D eigenvalue weighted by atomic mass is 10.0. The van der Waals surface area contributed by atoms with Crippen LogP contribution in [0.15, 0.2) is 49.4 Å². The number of anilines is 2. The van der Waals surface area contributed by atoms with Crippen LogP contribution < -0.4 is 10.6 Å². The summed E-state index contributed by atoms with van der Waals surface area (Å²) in [6, 6.07) is 11.1. The van der Waals surface area contributed by atoms with Gasteiger partial charge in [0.05, 0.1) is 12.0 Å². The monoisotopic (exact) mass is 465 g/mol. The molecule has 7 nitrogen and oxygen atoms in total. The molecule has 178 valence electrons. The number of nitrogens with zero attached hydrogens (tertiary/aromatic N) is 5. The van der Waals surface area contributed by atoms with Crippen molar-refractivity contribution in [2.24, 2.45) is 0 Å². The zero-order chi connectivity index (χ0) is 24.3. The van der Waals surface area contributed by atoms with E-state index in [0.717, 1.165) is 52.1 Å². The minimum Gasteiger partial charge on any atom is -0.378 e. The molecule has 1 aliphatic carbocycles. The summed E-state index contributed by atoms with van der Waals surface area (Å²) in [6.07, 6.45) is 6.59. The molecule has 3 heterocycles. The smallest absolute Gasteiger partial charge is 0.226 e. The van der Waals surface area contributed by atoms with E-state index in [9.17, 15) is 0 Å². The van der Waals surface area contributed by atoms with Gasteiger partial charge in [-0.3, -0.25) is 0 Å². The average molecular weight is 466 g/mol. The zero-order valence-corrected chi connectivity index (χ0v) is 20.8. The second kappa shape index (κ2) is 8.12. The third kappa shape index (κ3) is 3.81. The van der Waals surface area contributed by atoms with Crippen LogP contribution in [0.4, 0.5) is 11.6 Å². The zero-order valence-electron chi connectivity index (χ0n) is 20.8. The largest absolute Gasteiger partial charge is 0.378 e. The van der Waals surface area contributed by atoms with Gasteiger partial charge in [-0.05, 0) is 87.6 Å². The van der Waals surface area contributed by atoms with Crippen LogP contribution in [0.5, 0.6) is 0 Å². The maximum absolute atomic E-state index is 4.90. The second-order valence-electron chi connectivity index (χ2n) is 9.78. The topological polar surface area (TPSA) is 72.6 Å². The van der Waals surface area contributed by atoms with E-state index < -0.39 is 0 Å². The van der Waals surface area contributed by atoms with Crippen molar-refractivity contribution < 1.29 is 0 Å². The normalized spacial score (nSPS) is 16.9. The van der Waals surface area contributed by atoms with Crippen LogP contribution in [0.3, 0.4) is 0 Å². The molecule has 0 radical (unpaired) electrons. The Labute approximate surface area is 205 Å². The number of hydrogen-bond acceptors (Lipinski definition) is 5. The summed E-state index contributed by atoms with van der Waals surface area (Å²) in [5.74, 6) is 2.12. The van der Waals surface area contributed by atoms with Gasteiger partial charge >= 0.3 is 0 Å². The van der Waals surface area contributed by atoms with Crippen LogP contribution in [-0.2, 0) is 6.54 Å². The van der Waals surface area contributed by atoms with E-state index in [1.165, 1.54) is 29.7 Å². The Kier molecular flexibility index (Phi) is 5.02. The molecule has 1 aliphatic heterocycles. The van der Waals surface area contributed by atoms with E-state index >= 15 is 0 Å². The maximum Gasteiger partial charge on any atom is 0.226 e. The summed E-state index contributed by atoms with van der Waals surface area (Å²) in [5.41, 5.74) is 10.1. The Hall–Kier alpha value is -3.87. The fourth-order valence-electron chi connectivity index (χ4n) is 4.91. The van der Waals surface area contributed by atoms with Crippen molar-refractivity contribution in [3.8, 4) is 17.1 Å². The summed E-state index contributed by atoms with van der Waals surface area (Å²) < 4.78 is 4.03. The molecular formula is C28H31N7. The Bertz CT molecular complexity index is 1450. The standard InChI is InChI=1S/C28H31N7/c1-6-35-28(31-25-13-24-19(5)30-18(4)23(24)12-17(25)3)32-27(33-35)22-10-9-21(11-16(22)2)34-14-26(29-15-34)20-7-8-20/h9-15,19-20,30H,4,6-8H2,1-3,5H3,(H,31,32,33). The molecule has 2 aliphatic rings. The minimum absolute atomic E-state index is 0.246. The number of imidazole rings is 1. The van der Waals surface area contributed by atoms with Crippen molar-refractivity contribution in [2.75, 3.05) is 5.32 Å². The van der Waals surface area contributed by atoms with Crippen LogP contribution in [0.1, 0.15) is 66.6 Å². The van der Waals surface area contributed by atoms with E-state index in [1.54, 1.807) is 0 Å². The van der Waals surface area contributed by atoms with Gasteiger partial charge in [-0.25, -0.2) is 9.67 Å². The lowest BCUT2D eigenvalue weighted by Gasteiger charge is -2.12. The summed E-state index contributed by atoms with van der Waals surface area (Å²) >= 11 is 0. The second-order valence-corrected chi connectivity index (χ2v) is 9.78. The molecule has 4 aromatic rings. The van der Waals surface area contributed by atoms with E-state index in [-0.39, 0.29) is 6.04 Å². The Morgan fingerprint density at radius 2 is 1.94 bits per heavy atom. The van der Waals surface area contributed by atoms with Crippen molar-refractivity contribution in [3.05, 3.63) is 77.4 Å². The van der Waals surface area contributed by atoms with Crippen LogP contribution in [-0.4, -0.2) is 24.3 Å². The van der Waals surface area contributed by atoms with Gasteiger partial charge in [0.1, 0.15) is 0 Å². The predicted molar refractivity (Wildman–Crippen MR) is 140 cm³/mol. The van der Waals surface area contributed by atoms with Gasteiger partial charge in [0.15, 0.2) is 5.82 Å². The highest BCUT2D eigenvalue weighted by atomic mass is 15.4. The minimum atomic E-state index is 0.246. The first-order chi connectivity index (χ1) is 16.9. The van der Waals surface area contributed by atoms with Crippen LogP contribution in [0.25, 0.3) is 22.8 Å². The number of aryl methyl sites for hydroxylation is 3. The first-order valence-electron chi connectivity index (χ1n) is 12.4. The SMILES string of the molecule is C=C1NC(C)c2cc(Nc3nc(-c4ccc(-n5cnc(C6CC6)c5)cc4C)nn3CC)c(C)cc21. The van der Waals surface area contributed by atoms with Crippen LogP contribution in [0, 0.1) is 13.8 Å². The fourth-order valence-corrected chi connectivity index (χ4v) is 4.91. The van der Waals surface area contributed by atoms with Gasteiger partial charge in [-0.2, -0.15) is 4.98 Å². The van der Waals surface area contributed by atoms with Crippen molar-refractivity contribution >= 4 is 17.3 Å². The van der Waals surface area contributed by atoms with Gasteiger partial charge < -0.3 is 15.2 Å². The molecule has 7 heteroatoms. The highest BCUT2D eigenvalue weighted by Crippen LogP contribution is 2.39. The van der Waals surface area contributed by atoms with Crippen molar-refractivity contribution in [3.63, 3.8) is 0 Å². The number of nitrogens with one attached hydrogen (secondary N) is 2. The number of aromatic nitrogens is 5. The molecule has 2 aromatic carbocycles. The molecule has 6 rings (SSSR count). The molecule has 1 fully saturated rings. The number of hydrogen-bond donors (Lipinski definition) is 2. The molecule has 0 spiro atoms. The fraction of sp³-hybridized carbons (Fsp3) is 0.321. The van der Waals surface area contributed by atoms with E-state index in [4.69, 9.17) is 10.1 Å². The Morgan fingerprint density at radius 1 is 1.11 bits per heavy atom. The quantitative estimate of drug-likeness (QED) is 0.364. The summed E-state index contributed by atoms with van der Waals surface area (Å²) in [4.78, 5) is 9.49. The molecule has 1 atom stereocenters. The molecule has 0 amide bonds. The molecular weight excluding hydrogens is 434 g/mol. The lowest BCUT2D eigenvalue weighted by molar-refractivity contribution is 0.669. The Morgan fingerprint density at radius 3 is 2.69 bits per heavy atom. The molecule has 35 heavy (non-hydrogen) atoms. The summed E-state index contributed by atoms with van der Waals surface area (Å²) in [7, 11) is 0. The lowest BCUT2D eigenvalue weighted by Crippen LogP contribution is -2.07. The first kappa shape index (κ1) is 21.6. The van der Waals surface area contributed by atoms with Crippen LogP contribution in [0.2, 0.25) is 0 Å². The molecule has 1 saturated carbocycles. The van der Waals surface area contributed by atoms with E-state index in [2.05, 4.69) is 91.0 Å². The highest BCUT2D eigenvalue weighted by molar-refractivity contribution is 5.75. The molecule has 1 unspecified atom stereocenters. The van der Waals surface area contributed by atoms with Gasteiger partial charge in [-0.1, -0.05) is 6.58 Å². The third-order valence-electron chi connectivity index (χ3n) is 7.14. The number of fused-ring (bicyclic) bond motifs is 1. The first-order valence-corrected chi connectivity index (χ1v) is 12.4. The van der Waals surface area contributed by atoms with Crippen LogP contribution >= 0.6 is 0 Å². The van der Waals surface area contributed by atoms with E-state index in [0.29, 0.717) is 5.92 Å². The van der Waals surface area contributed by atoms with Gasteiger partial charge in [0.2, 0.25) is 5.95 Å². The predicted octanol–water partition coefficient (Wildman–Crippen LogP) is 6.02.